The first-order valence-corrected chi connectivity index (χ1v) is 9.97. The summed E-state index contributed by atoms with van der Waals surface area (Å²) in [6, 6.07) is 8.96. The highest BCUT2D eigenvalue weighted by atomic mass is 32.1. The van der Waals surface area contributed by atoms with Crippen molar-refractivity contribution in [3.63, 3.8) is 0 Å². The normalized spacial score (nSPS) is 14.6. The third-order valence-corrected chi connectivity index (χ3v) is 5.62. The van der Waals surface area contributed by atoms with Crippen molar-refractivity contribution >= 4 is 28.3 Å². The summed E-state index contributed by atoms with van der Waals surface area (Å²) in [6.45, 7) is 3.86. The minimum absolute atomic E-state index is 0.00990. The summed E-state index contributed by atoms with van der Waals surface area (Å²) in [6.07, 6.45) is 4.65. The number of fused-ring (bicyclic) bond motifs is 1. The molecule has 2 amide bonds. The molecule has 0 radical (unpaired) electrons. The second-order valence-corrected chi connectivity index (χ2v) is 8.12. The quantitative estimate of drug-likeness (QED) is 0.818. The van der Waals surface area contributed by atoms with Crippen molar-refractivity contribution in [2.45, 2.75) is 52.0 Å². The second kappa shape index (κ2) is 8.45. The van der Waals surface area contributed by atoms with Crippen molar-refractivity contribution in [3.8, 4) is 0 Å². The molecule has 0 saturated heterocycles. The molecule has 26 heavy (non-hydrogen) atoms. The summed E-state index contributed by atoms with van der Waals surface area (Å²) in [5.41, 5.74) is 2.05. The van der Waals surface area contributed by atoms with Crippen LogP contribution in [0.25, 0.3) is 0 Å². The summed E-state index contributed by atoms with van der Waals surface area (Å²) in [7, 11) is 0. The molecule has 1 atom stereocenters. The van der Waals surface area contributed by atoms with Crippen LogP contribution in [0.2, 0.25) is 0 Å². The van der Waals surface area contributed by atoms with E-state index in [4.69, 9.17) is 0 Å². The summed E-state index contributed by atoms with van der Waals surface area (Å²) in [4.78, 5) is 30.9. The van der Waals surface area contributed by atoms with Gasteiger partial charge >= 0.3 is 0 Å². The van der Waals surface area contributed by atoms with Crippen LogP contribution in [0.15, 0.2) is 30.3 Å². The molecule has 1 aliphatic rings. The Morgan fingerprint density at radius 1 is 1.15 bits per heavy atom. The van der Waals surface area contributed by atoms with Crippen LogP contribution in [0.1, 0.15) is 42.8 Å². The smallest absolute Gasteiger partial charge is 0.248 e. The highest BCUT2D eigenvalue weighted by Crippen LogP contribution is 2.29. The summed E-state index contributed by atoms with van der Waals surface area (Å²) in [5.74, 6) is -0.361. The van der Waals surface area contributed by atoms with Crippen LogP contribution in [-0.4, -0.2) is 22.8 Å². The Bertz CT molecular complexity index is 747. The number of thiazole rings is 1. The number of hydrogen-bond acceptors (Lipinski definition) is 4. The van der Waals surface area contributed by atoms with Gasteiger partial charge in [0.25, 0.3) is 0 Å². The lowest BCUT2D eigenvalue weighted by molar-refractivity contribution is -0.127. The fourth-order valence-electron chi connectivity index (χ4n) is 3.13. The van der Waals surface area contributed by atoms with Crippen LogP contribution in [0.3, 0.4) is 0 Å². The molecule has 2 aromatic rings. The zero-order chi connectivity index (χ0) is 18.5. The molecule has 0 spiro atoms. The van der Waals surface area contributed by atoms with Gasteiger partial charge in [0.15, 0.2) is 5.13 Å². The number of hydrogen-bond donors (Lipinski definition) is 2. The summed E-state index contributed by atoms with van der Waals surface area (Å²) < 4.78 is 0. The maximum absolute atomic E-state index is 12.7. The van der Waals surface area contributed by atoms with Crippen molar-refractivity contribution in [1.29, 1.82) is 0 Å². The Kier molecular flexibility index (Phi) is 6.04. The van der Waals surface area contributed by atoms with E-state index in [1.54, 1.807) is 11.3 Å². The molecule has 138 valence electrons. The lowest BCUT2D eigenvalue weighted by Gasteiger charge is -2.21. The highest BCUT2D eigenvalue weighted by Gasteiger charge is 2.26. The molecular weight excluding hydrogens is 346 g/mol. The van der Waals surface area contributed by atoms with Gasteiger partial charge in [-0.15, -0.1) is 11.3 Å². The summed E-state index contributed by atoms with van der Waals surface area (Å²) >= 11 is 1.56. The number of carbonyl (C=O) groups excluding carboxylic acids is 2. The number of nitrogens with zero attached hydrogens (tertiary/aromatic N) is 1. The molecule has 0 saturated carbocycles. The molecule has 3 rings (SSSR count). The Hall–Kier alpha value is -2.21. The van der Waals surface area contributed by atoms with Crippen LogP contribution >= 0.6 is 11.3 Å². The van der Waals surface area contributed by atoms with Crippen LogP contribution in [0.5, 0.6) is 0 Å². The van der Waals surface area contributed by atoms with Gasteiger partial charge in [0.05, 0.1) is 12.1 Å². The van der Waals surface area contributed by atoms with E-state index in [1.165, 1.54) is 11.3 Å². The van der Waals surface area contributed by atoms with Gasteiger partial charge in [-0.1, -0.05) is 44.2 Å². The van der Waals surface area contributed by atoms with E-state index in [2.05, 4.69) is 15.6 Å². The molecule has 2 N–H and O–H groups in total. The fourth-order valence-corrected chi connectivity index (χ4v) is 4.18. The molecule has 6 heteroatoms. The predicted molar refractivity (Wildman–Crippen MR) is 104 cm³/mol. The molecule has 1 aromatic carbocycles. The second-order valence-electron chi connectivity index (χ2n) is 7.04. The van der Waals surface area contributed by atoms with Gasteiger partial charge in [-0.05, 0) is 37.2 Å². The lowest BCUT2D eigenvalue weighted by Crippen LogP contribution is -2.47. The van der Waals surface area contributed by atoms with E-state index < -0.39 is 6.04 Å². The average Bonchev–Trinajstić information content (AvgIpc) is 3.02. The average molecular weight is 372 g/mol. The first kappa shape index (κ1) is 18.6. The van der Waals surface area contributed by atoms with Gasteiger partial charge in [0.2, 0.25) is 11.8 Å². The monoisotopic (exact) mass is 371 g/mol. The van der Waals surface area contributed by atoms with Crippen LogP contribution in [0, 0.1) is 5.92 Å². The standard InChI is InChI=1S/C20H25N3O2S/c1-13(2)18(22-17(24)12-14-8-4-3-5-9-14)19(25)23-20-21-15-10-6-7-11-16(15)26-20/h3-5,8-9,13,18H,6-7,10-12H2,1-2H3,(H,22,24)(H,21,23,25)/t18-/m1/s1. The molecule has 0 aliphatic heterocycles. The maximum atomic E-state index is 12.7. The van der Waals surface area contributed by atoms with Gasteiger partial charge in [-0.25, -0.2) is 4.98 Å². The van der Waals surface area contributed by atoms with Gasteiger partial charge in [0.1, 0.15) is 6.04 Å². The van der Waals surface area contributed by atoms with Gasteiger partial charge in [-0.2, -0.15) is 0 Å². The van der Waals surface area contributed by atoms with Crippen LogP contribution in [0.4, 0.5) is 5.13 Å². The van der Waals surface area contributed by atoms with Crippen molar-refractivity contribution in [2.75, 3.05) is 5.32 Å². The van der Waals surface area contributed by atoms with Crippen LogP contribution < -0.4 is 10.6 Å². The van der Waals surface area contributed by atoms with Crippen molar-refractivity contribution in [3.05, 3.63) is 46.5 Å². The van der Waals surface area contributed by atoms with E-state index in [9.17, 15) is 9.59 Å². The van der Waals surface area contributed by atoms with Crippen molar-refractivity contribution in [1.82, 2.24) is 10.3 Å². The van der Waals surface area contributed by atoms with E-state index in [1.807, 2.05) is 44.2 Å². The SMILES string of the molecule is CC(C)[C@@H](NC(=O)Cc1ccccc1)C(=O)Nc1nc2c(s1)CCCC2. The van der Waals surface area contributed by atoms with E-state index in [0.717, 1.165) is 30.5 Å². The number of aryl methyl sites for hydroxylation is 2. The van der Waals surface area contributed by atoms with Gasteiger partial charge in [0, 0.05) is 4.88 Å². The molecule has 5 nitrogen and oxygen atoms in total. The lowest BCUT2D eigenvalue weighted by atomic mass is 10.0. The van der Waals surface area contributed by atoms with Crippen molar-refractivity contribution < 1.29 is 9.59 Å². The van der Waals surface area contributed by atoms with Crippen LogP contribution in [-0.2, 0) is 28.9 Å². The predicted octanol–water partition coefficient (Wildman–Crippen LogP) is 3.34. The highest BCUT2D eigenvalue weighted by molar-refractivity contribution is 7.15. The maximum Gasteiger partial charge on any atom is 0.248 e. The Balaban J connectivity index is 1.62. The Labute approximate surface area is 158 Å². The van der Waals surface area contributed by atoms with Gasteiger partial charge < -0.3 is 10.6 Å². The Morgan fingerprint density at radius 2 is 1.88 bits per heavy atom. The Morgan fingerprint density at radius 3 is 2.58 bits per heavy atom. The zero-order valence-corrected chi connectivity index (χ0v) is 16.1. The number of benzene rings is 1. The first-order valence-electron chi connectivity index (χ1n) is 9.15. The fraction of sp³-hybridized carbons (Fsp3) is 0.450. The number of anilines is 1. The van der Waals surface area contributed by atoms with E-state index in [-0.39, 0.29) is 24.2 Å². The third-order valence-electron chi connectivity index (χ3n) is 4.55. The number of amides is 2. The molecule has 1 aromatic heterocycles. The van der Waals surface area contributed by atoms with Gasteiger partial charge in [-0.3, -0.25) is 9.59 Å². The molecule has 1 aliphatic carbocycles. The van der Waals surface area contributed by atoms with Crippen molar-refractivity contribution in [2.24, 2.45) is 5.92 Å². The third kappa shape index (κ3) is 4.69. The number of carbonyl (C=O) groups is 2. The molecule has 1 heterocycles. The number of rotatable bonds is 6. The molecular formula is C20H25N3O2S. The first-order chi connectivity index (χ1) is 12.5. The summed E-state index contributed by atoms with van der Waals surface area (Å²) in [5, 5.41) is 6.42. The molecule has 0 fully saturated rings. The topological polar surface area (TPSA) is 71.1 Å². The largest absolute Gasteiger partial charge is 0.344 e. The van der Waals surface area contributed by atoms with E-state index in [0.29, 0.717) is 5.13 Å². The zero-order valence-electron chi connectivity index (χ0n) is 15.2. The minimum atomic E-state index is -0.577. The molecule has 0 unspecified atom stereocenters. The molecule has 0 bridgehead atoms. The number of aromatic nitrogens is 1. The number of nitrogens with one attached hydrogen (secondary N) is 2. The minimum Gasteiger partial charge on any atom is -0.344 e. The van der Waals surface area contributed by atoms with E-state index >= 15 is 0 Å².